The second-order valence-electron chi connectivity index (χ2n) is 6.32. The van der Waals surface area contributed by atoms with Gasteiger partial charge in [-0.15, -0.1) is 0 Å². The maximum absolute atomic E-state index is 13.0. The number of carbonyl (C=O) groups is 1. The summed E-state index contributed by atoms with van der Waals surface area (Å²) >= 11 is 0. The maximum Gasteiger partial charge on any atom is 0.257 e. The molecule has 1 saturated heterocycles. The number of ether oxygens (including phenoxy) is 1. The second kappa shape index (κ2) is 7.95. The second-order valence-corrected chi connectivity index (χ2v) is 6.32. The molecule has 0 bridgehead atoms. The van der Waals surface area contributed by atoms with E-state index in [1.807, 2.05) is 37.4 Å². The number of benzene rings is 1. The Labute approximate surface area is 147 Å². The first kappa shape index (κ1) is 17.2. The molecular weight excluding hydrogens is 316 g/mol. The van der Waals surface area contributed by atoms with Gasteiger partial charge in [0.2, 0.25) is 0 Å². The molecule has 0 radical (unpaired) electrons. The summed E-state index contributed by atoms with van der Waals surface area (Å²) in [6, 6.07) is 11.9. The summed E-state index contributed by atoms with van der Waals surface area (Å²) in [4.78, 5) is 14.7. The zero-order chi connectivity index (χ0) is 17.6. The number of aryl methyl sites for hydroxylation is 1. The molecule has 1 aromatic carbocycles. The fraction of sp³-hybridized carbons (Fsp3) is 0.421. The standard InChI is InChI=1S/C19H22N4O2/c1-22(13-15-8-11-25-14-15)19(24)17-12-21-23(10-5-9-20)18(17)16-6-3-2-4-7-16/h2-4,6-7,12,15H,5,8,10-11,13-14H2,1H3/t15-/m1/s1. The van der Waals surface area contributed by atoms with Crippen molar-refractivity contribution in [2.75, 3.05) is 26.8 Å². The van der Waals surface area contributed by atoms with E-state index in [4.69, 9.17) is 10.00 Å². The molecule has 1 aliphatic heterocycles. The van der Waals surface area contributed by atoms with Gasteiger partial charge in [-0.3, -0.25) is 9.48 Å². The number of aromatic nitrogens is 2. The van der Waals surface area contributed by atoms with E-state index in [0.29, 0.717) is 37.6 Å². The monoisotopic (exact) mass is 338 g/mol. The van der Waals surface area contributed by atoms with E-state index in [9.17, 15) is 4.79 Å². The molecule has 0 aliphatic carbocycles. The number of hydrogen-bond donors (Lipinski definition) is 0. The molecule has 1 atom stereocenters. The van der Waals surface area contributed by atoms with Crippen molar-refractivity contribution in [3.63, 3.8) is 0 Å². The predicted molar refractivity (Wildman–Crippen MR) is 93.8 cm³/mol. The van der Waals surface area contributed by atoms with E-state index >= 15 is 0 Å². The van der Waals surface area contributed by atoms with Crippen LogP contribution in [0.1, 0.15) is 23.2 Å². The van der Waals surface area contributed by atoms with Crippen LogP contribution in [0, 0.1) is 17.2 Å². The molecule has 0 N–H and O–H groups in total. The van der Waals surface area contributed by atoms with Crippen molar-refractivity contribution in [1.82, 2.24) is 14.7 Å². The van der Waals surface area contributed by atoms with Crippen molar-refractivity contribution in [2.45, 2.75) is 19.4 Å². The number of carbonyl (C=O) groups excluding carboxylic acids is 1. The Kier molecular flexibility index (Phi) is 5.46. The summed E-state index contributed by atoms with van der Waals surface area (Å²) in [5.74, 6) is 0.344. The van der Waals surface area contributed by atoms with E-state index in [-0.39, 0.29) is 5.91 Å². The summed E-state index contributed by atoms with van der Waals surface area (Å²) in [5, 5.41) is 13.2. The lowest BCUT2D eigenvalue weighted by molar-refractivity contribution is 0.0767. The van der Waals surface area contributed by atoms with Gasteiger partial charge in [-0.2, -0.15) is 10.4 Å². The lowest BCUT2D eigenvalue weighted by Gasteiger charge is -2.20. The van der Waals surface area contributed by atoms with Crippen LogP contribution in [0.5, 0.6) is 0 Å². The molecule has 0 unspecified atom stereocenters. The highest BCUT2D eigenvalue weighted by molar-refractivity contribution is 5.99. The van der Waals surface area contributed by atoms with Gasteiger partial charge in [-0.1, -0.05) is 30.3 Å². The third kappa shape index (κ3) is 3.89. The number of hydrogen-bond acceptors (Lipinski definition) is 4. The molecule has 1 amide bonds. The van der Waals surface area contributed by atoms with Crippen LogP contribution in [0.3, 0.4) is 0 Å². The predicted octanol–water partition coefficient (Wildman–Crippen LogP) is 2.57. The van der Waals surface area contributed by atoms with Crippen LogP contribution >= 0.6 is 0 Å². The van der Waals surface area contributed by atoms with Crippen molar-refractivity contribution in [3.8, 4) is 17.3 Å². The lowest BCUT2D eigenvalue weighted by Crippen LogP contribution is -2.32. The quantitative estimate of drug-likeness (QED) is 0.811. The minimum atomic E-state index is -0.0473. The van der Waals surface area contributed by atoms with Crippen LogP contribution in [-0.4, -0.2) is 47.4 Å². The number of nitrogens with zero attached hydrogens (tertiary/aromatic N) is 4. The summed E-state index contributed by atoms with van der Waals surface area (Å²) < 4.78 is 7.15. The Hall–Kier alpha value is -2.65. The molecular formula is C19H22N4O2. The molecule has 1 aliphatic rings. The Morgan fingerprint density at radius 1 is 1.44 bits per heavy atom. The molecule has 1 aromatic heterocycles. The third-order valence-electron chi connectivity index (χ3n) is 4.46. The normalized spacial score (nSPS) is 16.6. The Balaban J connectivity index is 1.88. The van der Waals surface area contributed by atoms with Crippen molar-refractivity contribution in [3.05, 3.63) is 42.1 Å². The largest absolute Gasteiger partial charge is 0.381 e. The van der Waals surface area contributed by atoms with Gasteiger partial charge in [0.1, 0.15) is 0 Å². The molecule has 6 heteroatoms. The van der Waals surface area contributed by atoms with Gasteiger partial charge in [0.15, 0.2) is 0 Å². The van der Waals surface area contributed by atoms with Gasteiger partial charge in [0, 0.05) is 31.7 Å². The van der Waals surface area contributed by atoms with E-state index in [1.54, 1.807) is 15.8 Å². The molecule has 6 nitrogen and oxygen atoms in total. The smallest absolute Gasteiger partial charge is 0.257 e. The van der Waals surface area contributed by atoms with Crippen molar-refractivity contribution >= 4 is 5.91 Å². The molecule has 2 heterocycles. The highest BCUT2D eigenvalue weighted by Gasteiger charge is 2.25. The van der Waals surface area contributed by atoms with Crippen LogP contribution in [0.15, 0.2) is 36.5 Å². The molecule has 0 spiro atoms. The van der Waals surface area contributed by atoms with Crippen molar-refractivity contribution in [1.29, 1.82) is 5.26 Å². The average molecular weight is 338 g/mol. The van der Waals surface area contributed by atoms with Gasteiger partial charge < -0.3 is 9.64 Å². The minimum absolute atomic E-state index is 0.0473. The van der Waals surface area contributed by atoms with E-state index in [2.05, 4.69) is 11.2 Å². The summed E-state index contributed by atoms with van der Waals surface area (Å²) in [6.45, 7) is 2.63. The van der Waals surface area contributed by atoms with E-state index in [1.165, 1.54) is 0 Å². The lowest BCUT2D eigenvalue weighted by atomic mass is 10.1. The Bertz CT molecular complexity index is 757. The molecule has 0 saturated carbocycles. The first-order valence-corrected chi connectivity index (χ1v) is 8.52. The van der Waals surface area contributed by atoms with Crippen LogP contribution in [0.25, 0.3) is 11.3 Å². The topological polar surface area (TPSA) is 71.2 Å². The first-order chi connectivity index (χ1) is 12.2. The van der Waals surface area contributed by atoms with Gasteiger partial charge in [0.05, 0.1) is 43.1 Å². The fourth-order valence-electron chi connectivity index (χ4n) is 3.17. The zero-order valence-corrected chi connectivity index (χ0v) is 14.4. The van der Waals surface area contributed by atoms with Gasteiger partial charge in [-0.25, -0.2) is 0 Å². The molecule has 130 valence electrons. The van der Waals surface area contributed by atoms with Crippen molar-refractivity contribution in [2.24, 2.45) is 5.92 Å². The Morgan fingerprint density at radius 2 is 2.24 bits per heavy atom. The summed E-state index contributed by atoms with van der Waals surface area (Å²) in [6.07, 6.45) is 2.96. The zero-order valence-electron chi connectivity index (χ0n) is 14.4. The molecule has 3 rings (SSSR count). The number of nitriles is 1. The minimum Gasteiger partial charge on any atom is -0.381 e. The average Bonchev–Trinajstić information content (AvgIpc) is 3.29. The molecule has 2 aromatic rings. The van der Waals surface area contributed by atoms with Gasteiger partial charge in [-0.05, 0) is 6.42 Å². The van der Waals surface area contributed by atoms with Gasteiger partial charge in [0.25, 0.3) is 5.91 Å². The van der Waals surface area contributed by atoms with Crippen LogP contribution in [0.2, 0.25) is 0 Å². The Morgan fingerprint density at radius 3 is 2.92 bits per heavy atom. The van der Waals surface area contributed by atoms with Crippen LogP contribution in [-0.2, 0) is 11.3 Å². The number of rotatable bonds is 6. The fourth-order valence-corrected chi connectivity index (χ4v) is 3.17. The summed E-state index contributed by atoms with van der Waals surface area (Å²) in [5.41, 5.74) is 2.28. The maximum atomic E-state index is 13.0. The van der Waals surface area contributed by atoms with Gasteiger partial charge >= 0.3 is 0 Å². The van der Waals surface area contributed by atoms with Crippen LogP contribution in [0.4, 0.5) is 0 Å². The number of amides is 1. The molecule has 1 fully saturated rings. The SMILES string of the molecule is CN(C[C@H]1CCOC1)C(=O)c1cnn(CCC#N)c1-c1ccccc1. The highest BCUT2D eigenvalue weighted by Crippen LogP contribution is 2.25. The summed E-state index contributed by atoms with van der Waals surface area (Å²) in [7, 11) is 1.82. The van der Waals surface area contributed by atoms with Crippen LogP contribution < -0.4 is 0 Å². The third-order valence-corrected chi connectivity index (χ3v) is 4.46. The van der Waals surface area contributed by atoms with E-state index in [0.717, 1.165) is 24.3 Å². The highest BCUT2D eigenvalue weighted by atomic mass is 16.5. The van der Waals surface area contributed by atoms with E-state index < -0.39 is 0 Å². The first-order valence-electron chi connectivity index (χ1n) is 8.52. The molecule has 25 heavy (non-hydrogen) atoms. The van der Waals surface area contributed by atoms with Crippen molar-refractivity contribution < 1.29 is 9.53 Å².